The molecule has 2 rings (SSSR count). The molecule has 2 aliphatic rings. The monoisotopic (exact) mass is 347 g/mol. The average molecular weight is 348 g/mol. The summed E-state index contributed by atoms with van der Waals surface area (Å²) in [6.45, 7) is 4.34. The molecule has 2 saturated carbocycles. The molecule has 0 aromatic carbocycles. The van der Waals surface area contributed by atoms with Crippen molar-refractivity contribution in [1.29, 1.82) is 5.26 Å². The topological polar surface area (TPSA) is 50.1 Å². The van der Waals surface area contributed by atoms with Crippen molar-refractivity contribution in [3.05, 3.63) is 0 Å². The van der Waals surface area contributed by atoms with Gasteiger partial charge in [-0.3, -0.25) is 4.79 Å². The van der Waals surface area contributed by atoms with Crippen LogP contribution in [0.1, 0.15) is 104 Å². The lowest BCUT2D eigenvalue weighted by Crippen LogP contribution is -2.32. The molecule has 0 saturated heterocycles. The van der Waals surface area contributed by atoms with Crippen molar-refractivity contribution >= 4 is 5.97 Å². The van der Waals surface area contributed by atoms with Gasteiger partial charge in [-0.25, -0.2) is 0 Å². The van der Waals surface area contributed by atoms with E-state index >= 15 is 0 Å². The Kier molecular flexibility index (Phi) is 8.27. The number of esters is 1. The number of nitrogens with zero attached hydrogens (tertiary/aromatic N) is 1. The van der Waals surface area contributed by atoms with E-state index < -0.39 is 0 Å². The van der Waals surface area contributed by atoms with Crippen molar-refractivity contribution in [2.24, 2.45) is 17.3 Å². The number of hydrogen-bond acceptors (Lipinski definition) is 3. The number of carbonyl (C=O) groups excluding carboxylic acids is 1. The van der Waals surface area contributed by atoms with Crippen LogP contribution in [0.4, 0.5) is 0 Å². The highest BCUT2D eigenvalue weighted by atomic mass is 16.5. The minimum atomic E-state index is -0.0313. The third-order valence-electron chi connectivity index (χ3n) is 6.62. The molecule has 0 aromatic rings. The minimum absolute atomic E-state index is 0.00735. The van der Waals surface area contributed by atoms with Crippen LogP contribution in [0.2, 0.25) is 0 Å². The molecule has 0 unspecified atom stereocenters. The summed E-state index contributed by atoms with van der Waals surface area (Å²) in [5, 5.41) is 9.57. The molecule has 2 fully saturated rings. The Balaban J connectivity index is 1.69. The third-order valence-corrected chi connectivity index (χ3v) is 6.62. The minimum Gasteiger partial charge on any atom is -0.462 e. The van der Waals surface area contributed by atoms with E-state index in [1.165, 1.54) is 25.7 Å². The van der Waals surface area contributed by atoms with Gasteiger partial charge >= 0.3 is 5.97 Å². The van der Waals surface area contributed by atoms with E-state index in [0.717, 1.165) is 69.6 Å². The van der Waals surface area contributed by atoms with E-state index in [9.17, 15) is 10.1 Å². The molecule has 142 valence electrons. The van der Waals surface area contributed by atoms with Gasteiger partial charge in [-0.2, -0.15) is 5.26 Å². The zero-order valence-corrected chi connectivity index (χ0v) is 16.4. The average Bonchev–Trinajstić information content (AvgIpc) is 2.63. The van der Waals surface area contributed by atoms with Crippen molar-refractivity contribution in [1.82, 2.24) is 0 Å². The number of unbranched alkanes of at least 4 members (excludes halogenated alkanes) is 2. The van der Waals surface area contributed by atoms with Gasteiger partial charge in [-0.1, -0.05) is 33.1 Å². The van der Waals surface area contributed by atoms with Gasteiger partial charge in [-0.05, 0) is 76.0 Å². The van der Waals surface area contributed by atoms with Crippen LogP contribution < -0.4 is 0 Å². The van der Waals surface area contributed by atoms with E-state index in [2.05, 4.69) is 19.9 Å². The van der Waals surface area contributed by atoms with Crippen LogP contribution in [0.25, 0.3) is 0 Å². The lowest BCUT2D eigenvalue weighted by Gasteiger charge is -2.40. The fourth-order valence-electron chi connectivity index (χ4n) is 5.00. The highest BCUT2D eigenvalue weighted by Crippen LogP contribution is 2.46. The Morgan fingerprint density at radius 1 is 1.00 bits per heavy atom. The van der Waals surface area contributed by atoms with Gasteiger partial charge in [0.15, 0.2) is 0 Å². The molecule has 0 bridgehead atoms. The van der Waals surface area contributed by atoms with Crippen LogP contribution in [-0.4, -0.2) is 12.1 Å². The number of ether oxygens (including phenoxy) is 1. The van der Waals surface area contributed by atoms with Crippen LogP contribution in [0.5, 0.6) is 0 Å². The lowest BCUT2D eigenvalue weighted by molar-refractivity contribution is -0.151. The molecule has 0 N–H and O–H groups in total. The van der Waals surface area contributed by atoms with Gasteiger partial charge in [0.1, 0.15) is 6.10 Å². The van der Waals surface area contributed by atoms with Crippen molar-refractivity contribution in [2.75, 3.05) is 0 Å². The van der Waals surface area contributed by atoms with Crippen LogP contribution >= 0.6 is 0 Å². The molecule has 2 aliphatic carbocycles. The van der Waals surface area contributed by atoms with Gasteiger partial charge in [0.05, 0.1) is 11.5 Å². The first-order valence-corrected chi connectivity index (χ1v) is 10.7. The Hall–Kier alpha value is -1.04. The Morgan fingerprint density at radius 3 is 2.20 bits per heavy atom. The van der Waals surface area contributed by atoms with Gasteiger partial charge in [0, 0.05) is 6.42 Å². The molecule has 0 atom stereocenters. The fourth-order valence-corrected chi connectivity index (χ4v) is 5.00. The molecule has 3 heteroatoms. The van der Waals surface area contributed by atoms with E-state index in [-0.39, 0.29) is 17.5 Å². The van der Waals surface area contributed by atoms with Gasteiger partial charge < -0.3 is 4.74 Å². The molecular formula is C22H37NO2. The van der Waals surface area contributed by atoms with Crippen LogP contribution in [0.3, 0.4) is 0 Å². The molecule has 3 nitrogen and oxygen atoms in total. The van der Waals surface area contributed by atoms with Gasteiger partial charge in [-0.15, -0.1) is 0 Å². The maximum absolute atomic E-state index is 11.9. The summed E-state index contributed by atoms with van der Waals surface area (Å²) in [7, 11) is 0. The maximum atomic E-state index is 11.9. The molecule has 0 heterocycles. The summed E-state index contributed by atoms with van der Waals surface area (Å²) in [4.78, 5) is 11.9. The number of nitriles is 1. The summed E-state index contributed by atoms with van der Waals surface area (Å²) in [5.41, 5.74) is -0.0313. The molecule has 0 aromatic heterocycles. The largest absolute Gasteiger partial charge is 0.462 e. The molecule has 0 aliphatic heterocycles. The van der Waals surface area contributed by atoms with Crippen LogP contribution in [0, 0.1) is 28.6 Å². The van der Waals surface area contributed by atoms with Gasteiger partial charge in [0.2, 0.25) is 0 Å². The lowest BCUT2D eigenvalue weighted by atomic mass is 9.64. The molecule has 0 amide bonds. The Morgan fingerprint density at radius 2 is 1.64 bits per heavy atom. The van der Waals surface area contributed by atoms with E-state index in [0.29, 0.717) is 6.42 Å². The van der Waals surface area contributed by atoms with Crippen molar-refractivity contribution in [3.8, 4) is 6.07 Å². The zero-order valence-electron chi connectivity index (χ0n) is 16.4. The first kappa shape index (κ1) is 20.3. The molecular weight excluding hydrogens is 310 g/mol. The smallest absolute Gasteiger partial charge is 0.306 e. The van der Waals surface area contributed by atoms with E-state index in [4.69, 9.17) is 4.74 Å². The highest BCUT2D eigenvalue weighted by Gasteiger charge is 2.38. The summed E-state index contributed by atoms with van der Waals surface area (Å²) >= 11 is 0. The summed E-state index contributed by atoms with van der Waals surface area (Å²) in [5.74, 6) is 1.58. The predicted molar refractivity (Wildman–Crippen MR) is 101 cm³/mol. The quantitative estimate of drug-likeness (QED) is 0.390. The second-order valence-electron chi connectivity index (χ2n) is 8.46. The second kappa shape index (κ2) is 10.2. The zero-order chi connectivity index (χ0) is 18.1. The standard InChI is InChI=1S/C22H37NO2/c1-3-5-6-7-21(24)25-20-10-8-18(9-11-20)19-12-15-22(17-23,14-4-2)16-13-19/h18-20H,3-16H2,1-2H3. The first-order valence-electron chi connectivity index (χ1n) is 10.7. The first-order chi connectivity index (χ1) is 12.1. The van der Waals surface area contributed by atoms with Crippen molar-refractivity contribution in [2.45, 2.75) is 110 Å². The summed E-state index contributed by atoms with van der Waals surface area (Å²) in [6.07, 6.45) is 15.3. The Labute approximate surface area is 154 Å². The van der Waals surface area contributed by atoms with E-state index in [1.807, 2.05) is 0 Å². The molecule has 25 heavy (non-hydrogen) atoms. The third kappa shape index (κ3) is 6.01. The molecule has 0 radical (unpaired) electrons. The predicted octanol–water partition coefficient (Wildman–Crippen LogP) is 6.17. The van der Waals surface area contributed by atoms with Crippen molar-refractivity contribution < 1.29 is 9.53 Å². The maximum Gasteiger partial charge on any atom is 0.306 e. The Bertz CT molecular complexity index is 437. The van der Waals surface area contributed by atoms with Crippen LogP contribution in [0.15, 0.2) is 0 Å². The summed E-state index contributed by atoms with van der Waals surface area (Å²) in [6, 6.07) is 2.63. The fraction of sp³-hybridized carbons (Fsp3) is 0.909. The normalized spacial score (nSPS) is 32.8. The highest BCUT2D eigenvalue weighted by molar-refractivity contribution is 5.69. The number of carbonyl (C=O) groups is 1. The SMILES string of the molecule is CCCCCC(=O)OC1CCC(C2CCC(C#N)(CCC)CC2)CC1. The second-order valence-corrected chi connectivity index (χ2v) is 8.46. The molecule has 0 spiro atoms. The van der Waals surface area contributed by atoms with Crippen LogP contribution in [-0.2, 0) is 9.53 Å². The van der Waals surface area contributed by atoms with Gasteiger partial charge in [0.25, 0.3) is 0 Å². The van der Waals surface area contributed by atoms with Crippen molar-refractivity contribution in [3.63, 3.8) is 0 Å². The summed E-state index contributed by atoms with van der Waals surface area (Å²) < 4.78 is 5.67. The number of hydrogen-bond donors (Lipinski definition) is 0. The van der Waals surface area contributed by atoms with E-state index in [1.54, 1.807) is 0 Å². The number of rotatable bonds is 8.